The number of benzene rings is 2. The van der Waals surface area contributed by atoms with Crippen molar-refractivity contribution in [3.63, 3.8) is 0 Å². The van der Waals surface area contributed by atoms with Gasteiger partial charge in [0.2, 0.25) is 0 Å². The second-order valence-electron chi connectivity index (χ2n) is 12.1. The maximum Gasteiger partial charge on any atom is 0.0812 e. The number of aromatic nitrogens is 2. The molecule has 264 valence electrons. The Morgan fingerprint density at radius 3 is 1.04 bits per heavy atom. The van der Waals surface area contributed by atoms with Gasteiger partial charge in [-0.25, -0.2) is 0 Å². The van der Waals surface area contributed by atoms with Crippen molar-refractivity contribution >= 4 is 73.4 Å². The van der Waals surface area contributed by atoms with Crippen LogP contribution in [-0.4, -0.2) is 22.4 Å². The minimum Gasteiger partial charge on any atom is -0.255 e. The molecular formula is C37H48Cl4N4Pd2. The number of aliphatic imine (C=N–C) groups is 2. The molecular weight excluding hydrogens is 855 g/mol. The Balaban J connectivity index is -0.00000323. The molecule has 0 amide bonds. The molecule has 4 rings (SSSR count). The fraction of sp³-hybridized carbons (Fsp3) is 0.351. The zero-order valence-electron chi connectivity index (χ0n) is 28.2. The van der Waals surface area contributed by atoms with Crippen LogP contribution in [0.15, 0.2) is 83.0 Å². The quantitative estimate of drug-likeness (QED) is 0.118. The minimum absolute atomic E-state index is 0. The van der Waals surface area contributed by atoms with Crippen molar-refractivity contribution in [1.29, 1.82) is 0 Å². The van der Waals surface area contributed by atoms with Crippen molar-refractivity contribution in [1.82, 2.24) is 9.97 Å². The molecule has 4 aromatic rings. The van der Waals surface area contributed by atoms with Crippen LogP contribution in [0.2, 0.25) is 0 Å². The van der Waals surface area contributed by atoms with Crippen molar-refractivity contribution in [2.45, 2.75) is 85.5 Å². The summed E-state index contributed by atoms with van der Waals surface area (Å²) in [5.74, 6) is 1.40. The van der Waals surface area contributed by atoms with Crippen LogP contribution in [0.3, 0.4) is 0 Å². The van der Waals surface area contributed by atoms with Gasteiger partial charge in [-0.1, -0.05) is 91.8 Å². The third-order valence-electron chi connectivity index (χ3n) is 7.38. The van der Waals surface area contributed by atoms with Gasteiger partial charge in [-0.15, -0.1) is 49.6 Å². The summed E-state index contributed by atoms with van der Waals surface area (Å²) in [6.45, 7) is 18.0. The van der Waals surface area contributed by atoms with Crippen LogP contribution >= 0.6 is 49.6 Å². The minimum atomic E-state index is 0. The molecule has 2 aromatic heterocycles. The molecule has 0 saturated heterocycles. The Labute approximate surface area is 334 Å². The monoisotopic (exact) mass is 900 g/mol. The van der Waals surface area contributed by atoms with Gasteiger partial charge in [-0.05, 0) is 87.7 Å². The summed E-state index contributed by atoms with van der Waals surface area (Å²) in [6, 6.07) is 21.3. The van der Waals surface area contributed by atoms with Crippen molar-refractivity contribution in [2.75, 3.05) is 0 Å². The number of nitrogens with zero attached hydrogens (tertiary/aromatic N) is 4. The van der Waals surface area contributed by atoms with Gasteiger partial charge >= 0.3 is 0 Å². The van der Waals surface area contributed by atoms with Crippen LogP contribution in [0.1, 0.15) is 124 Å². The van der Waals surface area contributed by atoms with Gasteiger partial charge in [0.15, 0.2) is 0 Å². The molecule has 0 radical (unpaired) electrons. The zero-order chi connectivity index (χ0) is 29.5. The van der Waals surface area contributed by atoms with Crippen LogP contribution in [0, 0.1) is 0 Å². The first kappa shape index (κ1) is 49.9. The maximum atomic E-state index is 4.99. The van der Waals surface area contributed by atoms with Crippen molar-refractivity contribution in [3.8, 4) is 0 Å². The zero-order valence-corrected chi connectivity index (χ0v) is 34.5. The molecule has 0 bridgehead atoms. The van der Waals surface area contributed by atoms with Crippen LogP contribution in [0.4, 0.5) is 11.4 Å². The number of rotatable bonds is 10. The summed E-state index contributed by atoms with van der Waals surface area (Å²) in [5, 5.41) is 0. The molecule has 0 unspecified atom stereocenters. The fourth-order valence-electron chi connectivity index (χ4n) is 5.15. The van der Waals surface area contributed by atoms with E-state index in [1.807, 2.05) is 61.2 Å². The van der Waals surface area contributed by atoms with E-state index >= 15 is 0 Å². The van der Waals surface area contributed by atoms with Gasteiger partial charge in [-0.2, -0.15) is 0 Å². The van der Waals surface area contributed by atoms with Gasteiger partial charge < -0.3 is 0 Å². The molecule has 10 heteroatoms. The van der Waals surface area contributed by atoms with E-state index in [0.29, 0.717) is 23.7 Å². The molecule has 0 aliphatic rings. The van der Waals surface area contributed by atoms with Gasteiger partial charge in [0, 0.05) is 53.2 Å². The molecule has 0 aliphatic carbocycles. The van der Waals surface area contributed by atoms with E-state index in [2.05, 4.69) is 89.6 Å². The number of hydrogen-bond acceptors (Lipinski definition) is 4. The molecule has 0 atom stereocenters. The van der Waals surface area contributed by atoms with E-state index in [1.54, 1.807) is 0 Å². The Bertz CT molecular complexity index is 1360. The summed E-state index contributed by atoms with van der Waals surface area (Å²) in [6.07, 6.45) is 8.27. The van der Waals surface area contributed by atoms with E-state index in [4.69, 9.17) is 9.98 Å². The predicted octanol–water partition coefficient (Wildman–Crippen LogP) is 11.7. The van der Waals surface area contributed by atoms with E-state index in [9.17, 15) is 0 Å². The summed E-state index contributed by atoms with van der Waals surface area (Å²) in [5.41, 5.74) is 11.7. The molecule has 0 saturated carbocycles. The number of pyridine rings is 2. The van der Waals surface area contributed by atoms with Crippen molar-refractivity contribution < 1.29 is 40.8 Å². The average Bonchev–Trinajstić information content (AvgIpc) is 2.95. The van der Waals surface area contributed by atoms with Gasteiger partial charge in [-0.3, -0.25) is 20.0 Å². The Hall–Kier alpha value is -1.44. The molecule has 2 heterocycles. The van der Waals surface area contributed by atoms with Crippen molar-refractivity contribution in [3.05, 3.63) is 118 Å². The molecule has 0 fully saturated rings. The van der Waals surface area contributed by atoms with Crippen LogP contribution in [-0.2, 0) is 47.3 Å². The largest absolute Gasteiger partial charge is 0.255 e. The van der Waals surface area contributed by atoms with E-state index in [1.165, 1.54) is 33.4 Å². The first-order valence-corrected chi connectivity index (χ1v) is 14.9. The first-order chi connectivity index (χ1) is 19.6. The summed E-state index contributed by atoms with van der Waals surface area (Å²) in [4.78, 5) is 18.9. The van der Waals surface area contributed by atoms with E-state index in [0.717, 1.165) is 29.2 Å². The smallest absolute Gasteiger partial charge is 0.0812 e. The summed E-state index contributed by atoms with van der Waals surface area (Å²) >= 11 is 0. The number of hydrogen-bond donors (Lipinski definition) is 0. The van der Waals surface area contributed by atoms with Gasteiger partial charge in [0.05, 0.1) is 35.2 Å². The Kier molecular flexibility index (Phi) is 25.3. The Morgan fingerprint density at radius 1 is 0.511 bits per heavy atom. The predicted molar refractivity (Wildman–Crippen MR) is 204 cm³/mol. The Morgan fingerprint density at radius 2 is 0.809 bits per heavy atom. The molecule has 47 heavy (non-hydrogen) atoms. The molecule has 0 N–H and O–H groups in total. The molecule has 0 spiro atoms. The molecule has 4 nitrogen and oxygen atoms in total. The normalized spacial score (nSPS) is 10.6. The van der Waals surface area contributed by atoms with E-state index in [-0.39, 0.29) is 90.5 Å². The van der Waals surface area contributed by atoms with Gasteiger partial charge in [0.1, 0.15) is 0 Å². The third kappa shape index (κ3) is 13.8. The van der Waals surface area contributed by atoms with Crippen LogP contribution in [0.5, 0.6) is 0 Å². The first-order valence-electron chi connectivity index (χ1n) is 14.9. The van der Waals surface area contributed by atoms with Gasteiger partial charge in [0.25, 0.3) is 0 Å². The van der Waals surface area contributed by atoms with Crippen LogP contribution in [0.25, 0.3) is 0 Å². The summed E-state index contributed by atoms with van der Waals surface area (Å²) < 4.78 is 0. The SMILES string of the molecule is CC(C)c1cc(Cc2cc(C(C)C)c(N=Cc3ccccn3)c(C(C)C)c2)cc(C(C)C)c1N=Cc1ccccn1.Cl.Cl.Cl.Cl.[Pd].[Pd]. The molecule has 0 aliphatic heterocycles. The summed E-state index contributed by atoms with van der Waals surface area (Å²) in [7, 11) is 0. The topological polar surface area (TPSA) is 50.5 Å². The maximum absolute atomic E-state index is 4.99. The second-order valence-corrected chi connectivity index (χ2v) is 12.1. The van der Waals surface area contributed by atoms with Crippen molar-refractivity contribution in [2.24, 2.45) is 9.98 Å². The van der Waals surface area contributed by atoms with Crippen LogP contribution < -0.4 is 0 Å². The number of halogens is 4. The molecule has 2 aromatic carbocycles. The standard InChI is InChI=1S/C37H44N4.4ClH.2Pd/c1-24(2)32-18-28(19-33(25(3)4)36(32)40-22-30-13-9-11-15-38-30)17-29-20-34(26(5)6)37(35(21-29)27(7)8)41-23-31-14-10-12-16-39-31;;;;;;/h9-16,18-27H,17H2,1-8H3;4*1H;;. The fourth-order valence-corrected chi connectivity index (χ4v) is 5.15. The van der Waals surface area contributed by atoms with E-state index < -0.39 is 0 Å². The third-order valence-corrected chi connectivity index (χ3v) is 7.38. The second kappa shape index (κ2) is 23.8. The average molecular weight is 903 g/mol.